The summed E-state index contributed by atoms with van der Waals surface area (Å²) in [5.41, 5.74) is 2.51. The average Bonchev–Trinajstić information content (AvgIpc) is 3.40. The van der Waals surface area contributed by atoms with E-state index in [1.807, 2.05) is 24.3 Å². The predicted octanol–water partition coefficient (Wildman–Crippen LogP) is 4.37. The predicted molar refractivity (Wildman–Crippen MR) is 111 cm³/mol. The van der Waals surface area contributed by atoms with Crippen LogP contribution in [0.5, 0.6) is 5.75 Å². The molecule has 4 rings (SSSR count). The van der Waals surface area contributed by atoms with Gasteiger partial charge in [0.2, 0.25) is 0 Å². The number of hydrogen-bond donors (Lipinski definition) is 2. The molecule has 0 unspecified atom stereocenters. The Morgan fingerprint density at radius 3 is 2.73 bits per heavy atom. The number of amides is 1. The van der Waals surface area contributed by atoms with Crippen LogP contribution in [0.1, 0.15) is 16.1 Å². The SMILES string of the molecule is COc1ccc(-c2cc(C(=O)Nc3ccn(Cc4ccc(F)cc4Cl)n3)[nH]n2)cc1. The number of aromatic nitrogens is 4. The van der Waals surface area contributed by atoms with Gasteiger partial charge in [-0.1, -0.05) is 17.7 Å². The van der Waals surface area contributed by atoms with Gasteiger partial charge in [0.15, 0.2) is 5.82 Å². The summed E-state index contributed by atoms with van der Waals surface area (Å²) < 4.78 is 19.9. The highest BCUT2D eigenvalue weighted by molar-refractivity contribution is 6.31. The minimum Gasteiger partial charge on any atom is -0.497 e. The van der Waals surface area contributed by atoms with E-state index in [2.05, 4.69) is 20.6 Å². The number of ether oxygens (including phenoxy) is 1. The summed E-state index contributed by atoms with van der Waals surface area (Å²) in [5, 5.41) is 14.3. The Hall–Kier alpha value is -3.65. The zero-order chi connectivity index (χ0) is 21.1. The van der Waals surface area contributed by atoms with Gasteiger partial charge in [-0.25, -0.2) is 4.39 Å². The highest BCUT2D eigenvalue weighted by atomic mass is 35.5. The first-order chi connectivity index (χ1) is 14.5. The summed E-state index contributed by atoms with van der Waals surface area (Å²) in [6.07, 6.45) is 1.70. The molecule has 0 saturated heterocycles. The zero-order valence-corrected chi connectivity index (χ0v) is 16.7. The van der Waals surface area contributed by atoms with Crippen LogP contribution < -0.4 is 10.1 Å². The van der Waals surface area contributed by atoms with Crippen molar-refractivity contribution in [2.75, 3.05) is 12.4 Å². The number of carbonyl (C=O) groups excluding carboxylic acids is 1. The van der Waals surface area contributed by atoms with E-state index >= 15 is 0 Å². The number of nitrogens with one attached hydrogen (secondary N) is 2. The van der Waals surface area contributed by atoms with E-state index in [4.69, 9.17) is 16.3 Å². The number of benzene rings is 2. The number of rotatable bonds is 6. The number of carbonyl (C=O) groups is 1. The van der Waals surface area contributed by atoms with E-state index < -0.39 is 5.82 Å². The van der Waals surface area contributed by atoms with Crippen molar-refractivity contribution in [1.82, 2.24) is 20.0 Å². The summed E-state index contributed by atoms with van der Waals surface area (Å²) in [4.78, 5) is 12.5. The van der Waals surface area contributed by atoms with Crippen LogP contribution in [0, 0.1) is 5.82 Å². The lowest BCUT2D eigenvalue weighted by molar-refractivity contribution is 0.102. The van der Waals surface area contributed by atoms with Gasteiger partial charge in [-0.05, 0) is 48.0 Å². The van der Waals surface area contributed by atoms with E-state index in [0.717, 1.165) is 16.9 Å². The molecule has 30 heavy (non-hydrogen) atoms. The number of hydrogen-bond acceptors (Lipinski definition) is 4. The quantitative estimate of drug-likeness (QED) is 0.480. The van der Waals surface area contributed by atoms with Crippen molar-refractivity contribution in [3.8, 4) is 17.0 Å². The van der Waals surface area contributed by atoms with Crippen LogP contribution in [0.4, 0.5) is 10.2 Å². The molecule has 0 radical (unpaired) electrons. The van der Waals surface area contributed by atoms with Crippen molar-refractivity contribution in [3.05, 3.63) is 82.9 Å². The third-order valence-electron chi connectivity index (χ3n) is 4.44. The second-order valence-electron chi connectivity index (χ2n) is 6.48. The van der Waals surface area contributed by atoms with Crippen LogP contribution in [0.15, 0.2) is 60.8 Å². The van der Waals surface area contributed by atoms with Crippen LogP contribution >= 0.6 is 11.6 Å². The third-order valence-corrected chi connectivity index (χ3v) is 4.79. The molecule has 152 valence electrons. The Balaban J connectivity index is 1.42. The number of aromatic amines is 1. The number of methoxy groups -OCH3 is 1. The van der Waals surface area contributed by atoms with Gasteiger partial charge in [0.1, 0.15) is 17.3 Å². The fourth-order valence-corrected chi connectivity index (χ4v) is 3.10. The molecule has 7 nitrogen and oxygen atoms in total. The van der Waals surface area contributed by atoms with Crippen LogP contribution in [0.2, 0.25) is 5.02 Å². The van der Waals surface area contributed by atoms with E-state index in [1.54, 1.807) is 36.2 Å². The minimum atomic E-state index is -0.397. The first-order valence-electron chi connectivity index (χ1n) is 9.00. The second kappa shape index (κ2) is 8.38. The lowest BCUT2D eigenvalue weighted by atomic mass is 10.1. The third kappa shape index (κ3) is 4.33. The van der Waals surface area contributed by atoms with Crippen molar-refractivity contribution in [2.45, 2.75) is 6.54 Å². The number of nitrogens with zero attached hydrogens (tertiary/aromatic N) is 3. The van der Waals surface area contributed by atoms with Crippen molar-refractivity contribution >= 4 is 23.3 Å². The maximum Gasteiger partial charge on any atom is 0.274 e. The Bertz CT molecular complexity index is 1190. The standard InChI is InChI=1S/C21H17ClFN5O2/c1-30-16-6-3-13(4-7-16)18-11-19(26-25-18)21(29)24-20-8-9-28(27-20)12-14-2-5-15(23)10-17(14)22/h2-11H,12H2,1H3,(H,25,26)(H,24,27,29). The average molecular weight is 426 g/mol. The molecule has 2 aromatic carbocycles. The molecule has 1 amide bonds. The molecule has 2 aromatic heterocycles. The molecular formula is C21H17ClFN5O2. The van der Waals surface area contributed by atoms with Gasteiger partial charge < -0.3 is 10.1 Å². The van der Waals surface area contributed by atoms with Crippen molar-refractivity contribution in [3.63, 3.8) is 0 Å². The lowest BCUT2D eigenvalue weighted by Crippen LogP contribution is -2.13. The maximum atomic E-state index is 13.2. The molecule has 0 aliphatic rings. The molecule has 2 heterocycles. The molecule has 0 fully saturated rings. The van der Waals surface area contributed by atoms with Gasteiger partial charge in [0.05, 0.1) is 19.3 Å². The molecule has 0 aliphatic carbocycles. The van der Waals surface area contributed by atoms with Crippen molar-refractivity contribution in [1.29, 1.82) is 0 Å². The number of H-pyrrole nitrogens is 1. The molecule has 0 spiro atoms. The Morgan fingerprint density at radius 1 is 1.20 bits per heavy atom. The van der Waals surface area contributed by atoms with E-state index in [-0.39, 0.29) is 5.91 Å². The molecule has 2 N–H and O–H groups in total. The first-order valence-corrected chi connectivity index (χ1v) is 9.38. The van der Waals surface area contributed by atoms with Crippen molar-refractivity contribution < 1.29 is 13.9 Å². The second-order valence-corrected chi connectivity index (χ2v) is 6.89. The molecule has 0 atom stereocenters. The van der Waals surface area contributed by atoms with Gasteiger partial charge in [0, 0.05) is 22.8 Å². The van der Waals surface area contributed by atoms with E-state index in [1.165, 1.54) is 12.1 Å². The fourth-order valence-electron chi connectivity index (χ4n) is 2.87. The van der Waals surface area contributed by atoms with Crippen LogP contribution in [-0.4, -0.2) is 33.0 Å². The first kappa shape index (κ1) is 19.7. The topological polar surface area (TPSA) is 84.8 Å². The van der Waals surface area contributed by atoms with Gasteiger partial charge in [-0.15, -0.1) is 0 Å². The zero-order valence-electron chi connectivity index (χ0n) is 15.9. The summed E-state index contributed by atoms with van der Waals surface area (Å²) in [7, 11) is 1.60. The Morgan fingerprint density at radius 2 is 2.00 bits per heavy atom. The van der Waals surface area contributed by atoms with Gasteiger partial charge in [-0.3, -0.25) is 14.6 Å². The Kier molecular flexibility index (Phi) is 5.49. The Labute approximate surface area is 176 Å². The summed E-state index contributed by atoms with van der Waals surface area (Å²) in [6.45, 7) is 0.348. The normalized spacial score (nSPS) is 10.8. The van der Waals surface area contributed by atoms with Gasteiger partial charge >= 0.3 is 0 Å². The molecule has 9 heteroatoms. The molecule has 0 saturated carbocycles. The summed E-state index contributed by atoms with van der Waals surface area (Å²) >= 11 is 6.05. The maximum absolute atomic E-state index is 13.2. The number of anilines is 1. The molecule has 0 aliphatic heterocycles. The monoisotopic (exact) mass is 425 g/mol. The molecule has 0 bridgehead atoms. The van der Waals surface area contributed by atoms with Crippen molar-refractivity contribution in [2.24, 2.45) is 0 Å². The highest BCUT2D eigenvalue weighted by Gasteiger charge is 2.13. The summed E-state index contributed by atoms with van der Waals surface area (Å²) in [5.74, 6) is 0.349. The van der Waals surface area contributed by atoms with Crippen LogP contribution in [-0.2, 0) is 6.54 Å². The van der Waals surface area contributed by atoms with E-state index in [9.17, 15) is 9.18 Å². The van der Waals surface area contributed by atoms with Gasteiger partial charge in [-0.2, -0.15) is 10.2 Å². The van der Waals surface area contributed by atoms with Gasteiger partial charge in [0.25, 0.3) is 5.91 Å². The number of halogens is 2. The molecule has 4 aromatic rings. The highest BCUT2D eigenvalue weighted by Crippen LogP contribution is 2.22. The van der Waals surface area contributed by atoms with Crippen LogP contribution in [0.25, 0.3) is 11.3 Å². The summed E-state index contributed by atoms with van der Waals surface area (Å²) in [6, 6.07) is 14.9. The minimum absolute atomic E-state index is 0.303. The lowest BCUT2D eigenvalue weighted by Gasteiger charge is -2.05. The fraction of sp³-hybridized carbons (Fsp3) is 0.0952. The molecular weight excluding hydrogens is 409 g/mol. The van der Waals surface area contributed by atoms with E-state index in [0.29, 0.717) is 28.8 Å². The smallest absolute Gasteiger partial charge is 0.274 e. The largest absolute Gasteiger partial charge is 0.497 e. The van der Waals surface area contributed by atoms with Crippen LogP contribution in [0.3, 0.4) is 0 Å².